The van der Waals surface area contributed by atoms with Crippen LogP contribution in [0.1, 0.15) is 6.92 Å². The minimum Gasteiger partial charge on any atom is -0.493 e. The van der Waals surface area contributed by atoms with Gasteiger partial charge in [0, 0.05) is 17.5 Å². The highest BCUT2D eigenvalue weighted by molar-refractivity contribution is 5.80. The highest BCUT2D eigenvalue weighted by atomic mass is 16.7. The van der Waals surface area contributed by atoms with Crippen molar-refractivity contribution in [1.29, 1.82) is 0 Å². The van der Waals surface area contributed by atoms with Crippen LogP contribution in [0.25, 0.3) is 11.0 Å². The number of benzene rings is 1. The van der Waals surface area contributed by atoms with Gasteiger partial charge in [0.1, 0.15) is 48.3 Å². The van der Waals surface area contributed by atoms with Gasteiger partial charge in [0.2, 0.25) is 6.29 Å². The van der Waals surface area contributed by atoms with E-state index in [-0.39, 0.29) is 17.1 Å². The Morgan fingerprint density at radius 1 is 0.829 bits per heavy atom. The largest absolute Gasteiger partial charge is 0.493 e. The van der Waals surface area contributed by atoms with Crippen molar-refractivity contribution in [2.24, 2.45) is 0 Å². The van der Waals surface area contributed by atoms with E-state index in [9.17, 15) is 35.4 Å². The minimum absolute atomic E-state index is 0.0265. The van der Waals surface area contributed by atoms with Crippen molar-refractivity contribution in [3.63, 3.8) is 0 Å². The van der Waals surface area contributed by atoms with Crippen molar-refractivity contribution in [3.8, 4) is 11.5 Å². The van der Waals surface area contributed by atoms with E-state index in [2.05, 4.69) is 0 Å². The predicted octanol–water partition coefficient (Wildman–Crippen LogP) is -2.17. The van der Waals surface area contributed by atoms with Crippen LogP contribution in [0.15, 0.2) is 33.5 Å². The second-order valence-corrected chi connectivity index (χ2v) is 8.44. The lowest BCUT2D eigenvalue weighted by Crippen LogP contribution is -2.61. The number of aliphatic hydroxyl groups is 6. The summed E-state index contributed by atoms with van der Waals surface area (Å²) in [6, 6.07) is 5.67. The summed E-state index contributed by atoms with van der Waals surface area (Å²) in [5.74, 6) is 0.245. The Hall–Kier alpha value is -2.33. The molecule has 13 heteroatoms. The first kappa shape index (κ1) is 25.8. The molecule has 2 aliphatic rings. The van der Waals surface area contributed by atoms with Gasteiger partial charge in [-0.25, -0.2) is 4.79 Å². The summed E-state index contributed by atoms with van der Waals surface area (Å²) in [6.45, 7) is 1.04. The zero-order valence-corrected chi connectivity index (χ0v) is 18.8. The summed E-state index contributed by atoms with van der Waals surface area (Å²) in [7, 11) is 1.38. The van der Waals surface area contributed by atoms with Gasteiger partial charge in [-0.1, -0.05) is 0 Å². The Kier molecular flexibility index (Phi) is 7.61. The van der Waals surface area contributed by atoms with E-state index in [0.717, 1.165) is 0 Å². The molecule has 0 unspecified atom stereocenters. The van der Waals surface area contributed by atoms with Gasteiger partial charge in [0.05, 0.1) is 19.8 Å². The summed E-state index contributed by atoms with van der Waals surface area (Å²) >= 11 is 0. The molecule has 0 aliphatic carbocycles. The van der Waals surface area contributed by atoms with Crippen LogP contribution >= 0.6 is 0 Å². The van der Waals surface area contributed by atoms with Crippen LogP contribution in [0.3, 0.4) is 0 Å². The molecule has 4 rings (SSSR count). The number of aliphatic hydroxyl groups excluding tert-OH is 6. The smallest absolute Gasteiger partial charge is 0.336 e. The lowest BCUT2D eigenvalue weighted by molar-refractivity contribution is -0.318. The number of fused-ring (bicyclic) bond motifs is 1. The SMILES string of the molecule is COc1cc2ccc(=O)oc2cc1O[C@H]1O[C@@H](CO[C@@H]2O[C@H](C)[C@@H](O)[C@@H](O)[C@@H]2O)[C@H](O)[C@@H](O)[C@@H]1O. The van der Waals surface area contributed by atoms with Crippen LogP contribution in [-0.4, -0.2) is 106 Å². The minimum atomic E-state index is -1.70. The fraction of sp³-hybridized carbons (Fsp3) is 0.591. The quantitative estimate of drug-likeness (QED) is 0.235. The zero-order chi connectivity index (χ0) is 25.4. The standard InChI is InChI=1S/C22H28O13/c1-8-15(24)17(26)19(28)21(32-8)31-7-13-16(25)18(27)20(29)22(35-13)34-12-6-10-9(5-11(12)30-2)3-4-14(23)33-10/h3-6,8,13,15-22,24-29H,7H2,1-2H3/t8-,13+,15-,16+,17-,18-,19+,20+,21-,22+/m1/s1. The lowest BCUT2D eigenvalue weighted by Gasteiger charge is -2.42. The van der Waals surface area contributed by atoms with E-state index < -0.39 is 73.6 Å². The fourth-order valence-corrected chi connectivity index (χ4v) is 3.94. The normalized spacial score (nSPS) is 37.8. The predicted molar refractivity (Wildman–Crippen MR) is 115 cm³/mol. The van der Waals surface area contributed by atoms with Crippen LogP contribution < -0.4 is 15.1 Å². The Morgan fingerprint density at radius 3 is 2.23 bits per heavy atom. The van der Waals surface area contributed by atoms with Crippen LogP contribution in [0.4, 0.5) is 0 Å². The van der Waals surface area contributed by atoms with Gasteiger partial charge >= 0.3 is 5.63 Å². The molecule has 0 bridgehead atoms. The Bertz CT molecular complexity index is 1070. The Morgan fingerprint density at radius 2 is 1.51 bits per heavy atom. The Balaban J connectivity index is 1.50. The number of hydrogen-bond acceptors (Lipinski definition) is 13. The summed E-state index contributed by atoms with van der Waals surface area (Å²) in [6.07, 6.45) is -14.4. The number of rotatable bonds is 6. The Labute approximate surface area is 198 Å². The van der Waals surface area contributed by atoms with Crippen LogP contribution in [0.5, 0.6) is 11.5 Å². The maximum atomic E-state index is 11.6. The van der Waals surface area contributed by atoms with Gasteiger partial charge in [0.15, 0.2) is 17.8 Å². The third kappa shape index (κ3) is 5.14. The summed E-state index contributed by atoms with van der Waals surface area (Å²) in [5, 5.41) is 61.5. The molecule has 0 radical (unpaired) electrons. The van der Waals surface area contributed by atoms with E-state index in [4.69, 9.17) is 28.1 Å². The summed E-state index contributed by atoms with van der Waals surface area (Å²) in [5.41, 5.74) is -0.408. The van der Waals surface area contributed by atoms with Gasteiger partial charge in [-0.15, -0.1) is 0 Å². The van der Waals surface area contributed by atoms with Crippen LogP contribution in [0, 0.1) is 0 Å². The monoisotopic (exact) mass is 500 g/mol. The van der Waals surface area contributed by atoms with E-state index in [1.807, 2.05) is 0 Å². The molecule has 2 saturated heterocycles. The van der Waals surface area contributed by atoms with Crippen LogP contribution in [-0.2, 0) is 14.2 Å². The van der Waals surface area contributed by atoms with Gasteiger partial charge in [-0.2, -0.15) is 0 Å². The molecule has 35 heavy (non-hydrogen) atoms. The molecule has 194 valence electrons. The van der Waals surface area contributed by atoms with Crippen molar-refractivity contribution in [1.82, 2.24) is 0 Å². The highest BCUT2D eigenvalue weighted by Crippen LogP contribution is 2.35. The van der Waals surface area contributed by atoms with Crippen molar-refractivity contribution >= 4 is 11.0 Å². The average Bonchev–Trinajstić information content (AvgIpc) is 2.84. The van der Waals surface area contributed by atoms with E-state index >= 15 is 0 Å². The zero-order valence-electron chi connectivity index (χ0n) is 18.8. The molecule has 0 saturated carbocycles. The summed E-state index contributed by atoms with van der Waals surface area (Å²) < 4.78 is 32.5. The number of methoxy groups -OCH3 is 1. The molecule has 10 atom stereocenters. The first-order chi connectivity index (χ1) is 16.6. The van der Waals surface area contributed by atoms with Crippen LogP contribution in [0.2, 0.25) is 0 Å². The third-order valence-electron chi connectivity index (χ3n) is 6.05. The topological polar surface area (TPSA) is 198 Å². The molecule has 3 heterocycles. The van der Waals surface area contributed by atoms with Gasteiger partial charge in [-0.3, -0.25) is 0 Å². The molecule has 0 spiro atoms. The average molecular weight is 500 g/mol. The van der Waals surface area contributed by atoms with Gasteiger partial charge < -0.3 is 58.7 Å². The maximum Gasteiger partial charge on any atom is 0.336 e. The molecule has 0 amide bonds. The number of hydrogen-bond donors (Lipinski definition) is 6. The molecular formula is C22H28O13. The third-order valence-corrected chi connectivity index (χ3v) is 6.05. The molecule has 1 aromatic carbocycles. The molecule has 2 aliphatic heterocycles. The van der Waals surface area contributed by atoms with E-state index in [1.54, 1.807) is 0 Å². The molecule has 2 fully saturated rings. The van der Waals surface area contributed by atoms with Crippen molar-refractivity contribution in [2.45, 2.75) is 68.3 Å². The number of ether oxygens (including phenoxy) is 5. The lowest BCUT2D eigenvalue weighted by atomic mass is 9.98. The second-order valence-electron chi connectivity index (χ2n) is 8.44. The van der Waals surface area contributed by atoms with E-state index in [0.29, 0.717) is 5.39 Å². The molecule has 2 aromatic rings. The van der Waals surface area contributed by atoms with Gasteiger partial charge in [0.25, 0.3) is 0 Å². The molecule has 6 N–H and O–H groups in total. The fourth-order valence-electron chi connectivity index (χ4n) is 3.94. The van der Waals surface area contributed by atoms with Crippen molar-refractivity contribution < 1.29 is 58.7 Å². The van der Waals surface area contributed by atoms with Crippen molar-refractivity contribution in [3.05, 3.63) is 34.7 Å². The maximum absolute atomic E-state index is 11.6. The first-order valence-corrected chi connectivity index (χ1v) is 10.9. The highest BCUT2D eigenvalue weighted by Gasteiger charge is 2.47. The van der Waals surface area contributed by atoms with Gasteiger partial charge in [-0.05, 0) is 19.1 Å². The van der Waals surface area contributed by atoms with E-state index in [1.165, 1.54) is 38.3 Å². The molecule has 13 nitrogen and oxygen atoms in total. The summed E-state index contributed by atoms with van der Waals surface area (Å²) in [4.78, 5) is 11.6. The molecule has 1 aromatic heterocycles. The first-order valence-electron chi connectivity index (χ1n) is 10.9. The molecular weight excluding hydrogens is 472 g/mol. The second kappa shape index (κ2) is 10.3. The van der Waals surface area contributed by atoms with Crippen molar-refractivity contribution in [2.75, 3.05) is 13.7 Å².